The van der Waals surface area contributed by atoms with Crippen LogP contribution in [0.5, 0.6) is 0 Å². The molecular weight excluding hydrogens is 610 g/mol. The highest BCUT2D eigenvalue weighted by Gasteiger charge is 2.26. The minimum Gasteiger partial charge on any atom is -0.309 e. The Bertz CT molecular complexity index is 2040. The van der Waals surface area contributed by atoms with Crippen molar-refractivity contribution in [3.63, 3.8) is 0 Å². The molecule has 0 spiro atoms. The molecule has 0 aliphatic carbocycles. The summed E-state index contributed by atoms with van der Waals surface area (Å²) in [7, 11) is 0. The summed E-state index contributed by atoms with van der Waals surface area (Å²) >= 11 is 10.4. The molecule has 0 unspecified atom stereocenters. The van der Waals surface area contributed by atoms with Crippen LogP contribution in [0.3, 0.4) is 0 Å². The first-order valence-corrected chi connectivity index (χ1v) is 15.2. The number of rotatable bonds is 6. The summed E-state index contributed by atoms with van der Waals surface area (Å²) in [6.45, 7) is 6.63. The molecule has 43 heavy (non-hydrogen) atoms. The lowest BCUT2D eigenvalue weighted by Crippen LogP contribution is -2.16. The Balaban J connectivity index is 1.75. The van der Waals surface area contributed by atoms with E-state index in [1.807, 2.05) is 72.8 Å². The standard InChI is InChI=1S/C40H33BrClN/c1-40(2,3)32-23-37(29-16-9-5-10-17-29)39(38(24-32)30-18-11-6-12-19-30)43(36-26-33(41)25-34(42)27-36)35-21-13-20-31(22-35)28-14-7-4-8-15-28/h4-27H,1-3H3/i4D,7D,8D,14D,15D. The Morgan fingerprint density at radius 3 is 1.74 bits per heavy atom. The van der Waals surface area contributed by atoms with Crippen molar-refractivity contribution in [2.45, 2.75) is 26.2 Å². The summed E-state index contributed by atoms with van der Waals surface area (Å²) in [4.78, 5) is 2.15. The highest BCUT2D eigenvalue weighted by Crippen LogP contribution is 2.49. The fraction of sp³-hybridized carbons (Fsp3) is 0.100. The van der Waals surface area contributed by atoms with Gasteiger partial charge in [-0.3, -0.25) is 0 Å². The average molecular weight is 648 g/mol. The highest BCUT2D eigenvalue weighted by molar-refractivity contribution is 9.10. The van der Waals surface area contributed by atoms with E-state index >= 15 is 0 Å². The van der Waals surface area contributed by atoms with Crippen LogP contribution in [0.1, 0.15) is 33.2 Å². The number of hydrogen-bond donors (Lipinski definition) is 0. The molecule has 0 saturated heterocycles. The minimum absolute atomic E-state index is 0.143. The molecule has 3 heteroatoms. The van der Waals surface area contributed by atoms with Gasteiger partial charge < -0.3 is 4.90 Å². The molecule has 0 aromatic heterocycles. The molecule has 0 atom stereocenters. The number of nitrogens with zero attached hydrogens (tertiary/aromatic N) is 1. The molecule has 0 fully saturated rings. The summed E-state index contributed by atoms with van der Waals surface area (Å²) in [5.74, 6) is 0. The van der Waals surface area contributed by atoms with Crippen molar-refractivity contribution in [1.82, 2.24) is 0 Å². The van der Waals surface area contributed by atoms with Gasteiger partial charge in [0.2, 0.25) is 0 Å². The Morgan fingerprint density at radius 1 is 0.605 bits per heavy atom. The Labute approximate surface area is 275 Å². The monoisotopic (exact) mass is 646 g/mol. The second-order valence-corrected chi connectivity index (χ2v) is 12.8. The maximum absolute atomic E-state index is 8.70. The summed E-state index contributed by atoms with van der Waals surface area (Å²) in [6, 6.07) is 36.6. The van der Waals surface area contributed by atoms with Crippen LogP contribution in [0, 0.1) is 0 Å². The van der Waals surface area contributed by atoms with Gasteiger partial charge >= 0.3 is 0 Å². The van der Waals surface area contributed by atoms with E-state index in [1.165, 1.54) is 5.56 Å². The van der Waals surface area contributed by atoms with Crippen LogP contribution in [-0.2, 0) is 5.41 Å². The largest absolute Gasteiger partial charge is 0.309 e. The van der Waals surface area contributed by atoms with Crippen LogP contribution in [0.2, 0.25) is 5.02 Å². The fourth-order valence-corrected chi connectivity index (χ4v) is 6.10. The summed E-state index contributed by atoms with van der Waals surface area (Å²) in [6.07, 6.45) is 0. The Morgan fingerprint density at radius 2 is 1.19 bits per heavy atom. The van der Waals surface area contributed by atoms with Crippen molar-refractivity contribution in [3.8, 4) is 33.4 Å². The fourth-order valence-electron chi connectivity index (χ4n) is 5.25. The van der Waals surface area contributed by atoms with Crippen LogP contribution in [-0.4, -0.2) is 0 Å². The molecular formula is C40H33BrClN. The van der Waals surface area contributed by atoms with Crippen molar-refractivity contribution >= 4 is 44.6 Å². The second kappa shape index (κ2) is 12.2. The summed E-state index contributed by atoms with van der Waals surface area (Å²) in [5, 5.41) is 0.542. The van der Waals surface area contributed by atoms with Gasteiger partial charge in [0.1, 0.15) is 0 Å². The topological polar surface area (TPSA) is 3.24 Å². The molecule has 1 nitrogen and oxygen atoms in total. The summed E-state index contributed by atoms with van der Waals surface area (Å²) in [5.41, 5.74) is 8.16. The molecule has 0 bridgehead atoms. The minimum atomic E-state index is -0.422. The molecule has 0 N–H and O–H groups in total. The molecule has 0 aliphatic heterocycles. The first kappa shape index (κ1) is 23.4. The van der Waals surface area contributed by atoms with Gasteiger partial charge in [-0.05, 0) is 75.7 Å². The molecule has 0 radical (unpaired) electrons. The van der Waals surface area contributed by atoms with Gasteiger partial charge in [0.25, 0.3) is 0 Å². The van der Waals surface area contributed by atoms with Gasteiger partial charge in [0.15, 0.2) is 0 Å². The molecule has 212 valence electrons. The van der Waals surface area contributed by atoms with E-state index < -0.39 is 6.04 Å². The number of benzene rings is 6. The predicted molar refractivity (Wildman–Crippen MR) is 189 cm³/mol. The molecule has 0 saturated carbocycles. The smallest absolute Gasteiger partial charge is 0.0629 e. The van der Waals surface area contributed by atoms with Crippen LogP contribution in [0.15, 0.2) is 150 Å². The maximum Gasteiger partial charge on any atom is 0.0629 e. The Hall–Kier alpha value is -4.11. The van der Waals surface area contributed by atoms with Crippen molar-refractivity contribution in [2.24, 2.45) is 0 Å². The van der Waals surface area contributed by atoms with Crippen LogP contribution < -0.4 is 4.90 Å². The molecule has 0 amide bonds. The lowest BCUT2D eigenvalue weighted by Gasteiger charge is -2.33. The lowest BCUT2D eigenvalue weighted by atomic mass is 9.82. The van der Waals surface area contributed by atoms with E-state index in [1.54, 1.807) is 6.07 Å². The first-order chi connectivity index (χ1) is 22.8. The van der Waals surface area contributed by atoms with Crippen molar-refractivity contribution < 1.29 is 6.85 Å². The van der Waals surface area contributed by atoms with Crippen molar-refractivity contribution in [2.75, 3.05) is 4.90 Å². The van der Waals surface area contributed by atoms with E-state index in [2.05, 4.69) is 78.0 Å². The van der Waals surface area contributed by atoms with E-state index in [4.69, 9.17) is 18.5 Å². The van der Waals surface area contributed by atoms with Gasteiger partial charge in [-0.1, -0.05) is 151 Å². The van der Waals surface area contributed by atoms with Gasteiger partial charge in [-0.15, -0.1) is 0 Å². The third kappa shape index (κ3) is 6.32. The zero-order valence-electron chi connectivity index (χ0n) is 29.2. The lowest BCUT2D eigenvalue weighted by molar-refractivity contribution is 0.591. The van der Waals surface area contributed by atoms with Crippen LogP contribution in [0.4, 0.5) is 17.1 Å². The molecule has 0 aliphatic rings. The van der Waals surface area contributed by atoms with Gasteiger partial charge in [0.05, 0.1) is 12.5 Å². The number of halogens is 2. The van der Waals surface area contributed by atoms with E-state index in [-0.39, 0.29) is 35.1 Å². The zero-order valence-corrected chi connectivity index (χ0v) is 26.5. The molecule has 6 aromatic carbocycles. The Kier molecular flexibility index (Phi) is 6.65. The number of hydrogen-bond acceptors (Lipinski definition) is 1. The van der Waals surface area contributed by atoms with Crippen molar-refractivity contribution in [1.29, 1.82) is 0 Å². The normalized spacial score (nSPS) is 13.0. The maximum atomic E-state index is 8.70. The predicted octanol–water partition coefficient (Wildman–Crippen LogP) is 12.9. The zero-order chi connectivity index (χ0) is 34.3. The molecule has 6 rings (SSSR count). The van der Waals surface area contributed by atoms with Gasteiger partial charge in [0, 0.05) is 32.0 Å². The highest BCUT2D eigenvalue weighted by atomic mass is 79.9. The molecule has 0 heterocycles. The van der Waals surface area contributed by atoms with Gasteiger partial charge in [-0.25, -0.2) is 0 Å². The van der Waals surface area contributed by atoms with Crippen LogP contribution >= 0.6 is 27.5 Å². The SMILES string of the molecule is [2H]c1c([2H])c([2H])c(-c2cccc(N(c3cc(Cl)cc(Br)c3)c3c(-c4ccccc4)cc(C(C)(C)C)cc3-c3ccccc3)c2)c([2H])c1[2H]. The number of anilines is 3. The summed E-state index contributed by atoms with van der Waals surface area (Å²) < 4.78 is 43.0. The third-order valence-corrected chi connectivity index (χ3v) is 8.04. The van der Waals surface area contributed by atoms with E-state index in [9.17, 15) is 0 Å². The average Bonchev–Trinajstić information content (AvgIpc) is 3.07. The van der Waals surface area contributed by atoms with Crippen molar-refractivity contribution in [3.05, 3.63) is 161 Å². The molecule has 6 aromatic rings. The van der Waals surface area contributed by atoms with Crippen LogP contribution in [0.25, 0.3) is 33.4 Å². The quantitative estimate of drug-likeness (QED) is 0.174. The van der Waals surface area contributed by atoms with E-state index in [0.29, 0.717) is 10.6 Å². The first-order valence-electron chi connectivity index (χ1n) is 16.6. The second-order valence-electron chi connectivity index (χ2n) is 11.4. The third-order valence-electron chi connectivity index (χ3n) is 7.37. The van der Waals surface area contributed by atoms with E-state index in [0.717, 1.165) is 43.8 Å². The van der Waals surface area contributed by atoms with Gasteiger partial charge in [-0.2, -0.15) is 0 Å².